The van der Waals surface area contributed by atoms with E-state index in [-0.39, 0.29) is 18.1 Å². The predicted molar refractivity (Wildman–Crippen MR) is 67.9 cm³/mol. The van der Waals surface area contributed by atoms with Gasteiger partial charge in [0, 0.05) is 13.0 Å². The normalized spacial score (nSPS) is 10.9. The van der Waals surface area contributed by atoms with Crippen molar-refractivity contribution in [2.24, 2.45) is 0 Å². The summed E-state index contributed by atoms with van der Waals surface area (Å²) in [7, 11) is 0. The molecule has 0 aliphatic heterocycles. The van der Waals surface area contributed by atoms with Gasteiger partial charge < -0.3 is 15.4 Å². The minimum absolute atomic E-state index is 0.135. The lowest BCUT2D eigenvalue weighted by Crippen LogP contribution is -2.31. The quantitative estimate of drug-likeness (QED) is 0.814. The number of carbonyl (C=O) groups excluding carboxylic acids is 2. The van der Waals surface area contributed by atoms with Crippen LogP contribution in [0.1, 0.15) is 6.42 Å². The Hall–Kier alpha value is -2.03. The highest BCUT2D eigenvalue weighted by Crippen LogP contribution is 2.14. The molecule has 0 atom stereocenters. The van der Waals surface area contributed by atoms with E-state index in [0.717, 1.165) is 0 Å². The summed E-state index contributed by atoms with van der Waals surface area (Å²) in [5.74, 6) is -0.449. The summed E-state index contributed by atoms with van der Waals surface area (Å²) in [6, 6.07) is 3.00. The Bertz CT molecular complexity index is 494. The number of carbonyl (C=O) groups is 2. The molecule has 10 heteroatoms. The third kappa shape index (κ3) is 7.98. The number of pyridine rings is 1. The molecule has 21 heavy (non-hydrogen) atoms. The van der Waals surface area contributed by atoms with Crippen LogP contribution in [-0.4, -0.2) is 36.3 Å². The van der Waals surface area contributed by atoms with E-state index in [9.17, 15) is 22.8 Å². The predicted octanol–water partition coefficient (Wildman–Crippen LogP) is 2.35. The lowest BCUT2D eigenvalue weighted by Gasteiger charge is -2.09. The molecule has 0 aliphatic carbocycles. The van der Waals surface area contributed by atoms with Crippen LogP contribution in [0.15, 0.2) is 18.3 Å². The standard InChI is InChI=1S/C11H11ClF3N3O3/c12-8-2-1-7(5-17-8)18-9(19)3-4-16-10(20)21-6-11(13,14)15/h1-2,5H,3-4,6H2,(H,16,20)(H,18,19). The minimum atomic E-state index is -4.59. The number of amides is 2. The first-order valence-electron chi connectivity index (χ1n) is 5.65. The van der Waals surface area contributed by atoms with Gasteiger partial charge in [-0.25, -0.2) is 9.78 Å². The number of aromatic nitrogens is 1. The molecule has 1 rings (SSSR count). The fourth-order valence-electron chi connectivity index (χ4n) is 1.15. The van der Waals surface area contributed by atoms with E-state index in [0.29, 0.717) is 5.69 Å². The molecule has 0 saturated heterocycles. The van der Waals surface area contributed by atoms with Gasteiger partial charge in [-0.05, 0) is 12.1 Å². The van der Waals surface area contributed by atoms with Crippen LogP contribution >= 0.6 is 11.6 Å². The second kappa shape index (κ2) is 7.67. The summed E-state index contributed by atoms with van der Waals surface area (Å²) in [6.07, 6.45) is -4.63. The van der Waals surface area contributed by atoms with Crippen molar-refractivity contribution in [3.05, 3.63) is 23.5 Å². The SMILES string of the molecule is O=C(CCNC(=O)OCC(F)(F)F)Nc1ccc(Cl)nc1. The molecule has 116 valence electrons. The Labute approximate surface area is 122 Å². The van der Waals surface area contributed by atoms with Crippen LogP contribution in [0.4, 0.5) is 23.7 Å². The van der Waals surface area contributed by atoms with Crippen LogP contribution in [0.2, 0.25) is 5.15 Å². The number of hydrogen-bond donors (Lipinski definition) is 2. The number of nitrogens with one attached hydrogen (secondary N) is 2. The number of ether oxygens (including phenoxy) is 1. The van der Waals surface area contributed by atoms with Gasteiger partial charge in [-0.1, -0.05) is 11.6 Å². The molecule has 0 aromatic carbocycles. The summed E-state index contributed by atoms with van der Waals surface area (Å²) < 4.78 is 39.1. The molecule has 2 N–H and O–H groups in total. The zero-order chi connectivity index (χ0) is 15.9. The zero-order valence-corrected chi connectivity index (χ0v) is 11.3. The van der Waals surface area contributed by atoms with Gasteiger partial charge in [0.05, 0.1) is 11.9 Å². The van der Waals surface area contributed by atoms with Crippen molar-refractivity contribution in [1.82, 2.24) is 10.3 Å². The monoisotopic (exact) mass is 325 g/mol. The van der Waals surface area contributed by atoms with Crippen LogP contribution in [0, 0.1) is 0 Å². The average molecular weight is 326 g/mol. The van der Waals surface area contributed by atoms with Gasteiger partial charge in [0.25, 0.3) is 0 Å². The van der Waals surface area contributed by atoms with E-state index in [4.69, 9.17) is 11.6 Å². The van der Waals surface area contributed by atoms with Gasteiger partial charge in [0.2, 0.25) is 5.91 Å². The van der Waals surface area contributed by atoms with Gasteiger partial charge in [0.1, 0.15) is 5.15 Å². The highest BCUT2D eigenvalue weighted by Gasteiger charge is 2.29. The first kappa shape index (κ1) is 17.0. The topological polar surface area (TPSA) is 80.3 Å². The Kier molecular flexibility index (Phi) is 6.22. The molecular weight excluding hydrogens is 315 g/mol. The maximum Gasteiger partial charge on any atom is 0.422 e. The number of rotatable bonds is 5. The zero-order valence-electron chi connectivity index (χ0n) is 10.5. The minimum Gasteiger partial charge on any atom is -0.440 e. The lowest BCUT2D eigenvalue weighted by atomic mass is 10.3. The van der Waals surface area contributed by atoms with Crippen molar-refractivity contribution in [2.45, 2.75) is 12.6 Å². The Morgan fingerprint density at radius 3 is 2.62 bits per heavy atom. The third-order valence-electron chi connectivity index (χ3n) is 2.00. The molecule has 1 heterocycles. The van der Waals surface area contributed by atoms with Crippen molar-refractivity contribution in [2.75, 3.05) is 18.5 Å². The summed E-state index contributed by atoms with van der Waals surface area (Å²) in [6.45, 7) is -1.84. The third-order valence-corrected chi connectivity index (χ3v) is 2.22. The molecule has 0 fully saturated rings. The van der Waals surface area contributed by atoms with Gasteiger partial charge in [0.15, 0.2) is 6.61 Å². The van der Waals surface area contributed by atoms with E-state index >= 15 is 0 Å². The maximum atomic E-state index is 11.8. The second-order valence-electron chi connectivity index (χ2n) is 3.79. The molecule has 0 bridgehead atoms. The van der Waals surface area contributed by atoms with E-state index in [1.807, 2.05) is 5.32 Å². The summed E-state index contributed by atoms with van der Waals surface area (Å²) in [5, 5.41) is 4.76. The second-order valence-corrected chi connectivity index (χ2v) is 4.17. The van der Waals surface area contributed by atoms with Crippen LogP contribution in [-0.2, 0) is 9.53 Å². The van der Waals surface area contributed by atoms with Crippen molar-refractivity contribution in [1.29, 1.82) is 0 Å². The van der Waals surface area contributed by atoms with Crippen molar-refractivity contribution >= 4 is 29.3 Å². The molecule has 2 amide bonds. The molecule has 0 saturated carbocycles. The van der Waals surface area contributed by atoms with Crippen LogP contribution in [0.25, 0.3) is 0 Å². The molecule has 0 spiro atoms. The van der Waals surface area contributed by atoms with Gasteiger partial charge >= 0.3 is 12.3 Å². The molecule has 0 aliphatic rings. The molecule has 0 radical (unpaired) electrons. The number of alkyl halides is 3. The summed E-state index contributed by atoms with van der Waals surface area (Å²) >= 11 is 5.56. The molecular formula is C11H11ClF3N3O3. The Balaban J connectivity index is 2.21. The van der Waals surface area contributed by atoms with E-state index < -0.39 is 24.8 Å². The number of hydrogen-bond acceptors (Lipinski definition) is 4. The van der Waals surface area contributed by atoms with Crippen LogP contribution in [0.3, 0.4) is 0 Å². The van der Waals surface area contributed by atoms with Crippen molar-refractivity contribution < 1.29 is 27.5 Å². The molecule has 0 unspecified atom stereocenters. The number of anilines is 1. The maximum absolute atomic E-state index is 11.8. The molecule has 6 nitrogen and oxygen atoms in total. The summed E-state index contributed by atoms with van der Waals surface area (Å²) in [5.41, 5.74) is 0.407. The number of halogens is 4. The first-order valence-corrected chi connectivity index (χ1v) is 6.03. The van der Waals surface area contributed by atoms with Gasteiger partial charge in [-0.15, -0.1) is 0 Å². The van der Waals surface area contributed by atoms with E-state index in [1.165, 1.54) is 18.3 Å². The van der Waals surface area contributed by atoms with Gasteiger partial charge in [-0.3, -0.25) is 4.79 Å². The van der Waals surface area contributed by atoms with E-state index in [1.54, 1.807) is 0 Å². The summed E-state index contributed by atoms with van der Waals surface area (Å²) in [4.78, 5) is 26.1. The number of nitrogens with zero attached hydrogens (tertiary/aromatic N) is 1. The fourth-order valence-corrected chi connectivity index (χ4v) is 1.26. The van der Waals surface area contributed by atoms with Crippen molar-refractivity contribution in [3.8, 4) is 0 Å². The molecule has 1 aromatic rings. The van der Waals surface area contributed by atoms with Crippen molar-refractivity contribution in [3.63, 3.8) is 0 Å². The fraction of sp³-hybridized carbons (Fsp3) is 0.364. The van der Waals surface area contributed by atoms with Gasteiger partial charge in [-0.2, -0.15) is 13.2 Å². The average Bonchev–Trinajstić information content (AvgIpc) is 2.38. The van der Waals surface area contributed by atoms with Crippen LogP contribution < -0.4 is 10.6 Å². The highest BCUT2D eigenvalue weighted by molar-refractivity contribution is 6.29. The van der Waals surface area contributed by atoms with E-state index in [2.05, 4.69) is 15.0 Å². The largest absolute Gasteiger partial charge is 0.440 e. The highest BCUT2D eigenvalue weighted by atomic mass is 35.5. The first-order chi connectivity index (χ1) is 9.76. The smallest absolute Gasteiger partial charge is 0.422 e. The van der Waals surface area contributed by atoms with Crippen LogP contribution in [0.5, 0.6) is 0 Å². The Morgan fingerprint density at radius 2 is 2.05 bits per heavy atom. The Morgan fingerprint density at radius 1 is 1.33 bits per heavy atom. The molecule has 1 aromatic heterocycles. The lowest BCUT2D eigenvalue weighted by molar-refractivity contribution is -0.160. The number of alkyl carbamates (subject to hydrolysis) is 1.